The van der Waals surface area contributed by atoms with E-state index in [4.69, 9.17) is 0 Å². The highest BCUT2D eigenvalue weighted by Gasteiger charge is 2.57. The normalized spacial score (nSPS) is 31.9. The summed E-state index contributed by atoms with van der Waals surface area (Å²) in [7, 11) is 0. The van der Waals surface area contributed by atoms with Crippen molar-refractivity contribution in [3.05, 3.63) is 41.5 Å². The molecule has 0 aromatic heterocycles. The second kappa shape index (κ2) is 3.98. The Bertz CT molecular complexity index is 515. The van der Waals surface area contributed by atoms with E-state index in [1.165, 1.54) is 24.0 Å². The number of hydrogen-bond donors (Lipinski definition) is 0. The first kappa shape index (κ1) is 13.0. The van der Waals surface area contributed by atoms with Crippen molar-refractivity contribution < 1.29 is 0 Å². The molecule has 19 heavy (non-hydrogen) atoms. The minimum absolute atomic E-state index is 0.372. The summed E-state index contributed by atoms with van der Waals surface area (Å²) in [6.45, 7) is 11.9. The molecule has 0 N–H and O–H groups in total. The van der Waals surface area contributed by atoms with Crippen LogP contribution in [0.25, 0.3) is 5.57 Å². The Morgan fingerprint density at radius 3 is 2.11 bits per heavy atom. The van der Waals surface area contributed by atoms with Crippen LogP contribution in [0.5, 0.6) is 0 Å². The Morgan fingerprint density at radius 2 is 1.68 bits per heavy atom. The molecular weight excluding hydrogens is 228 g/mol. The highest BCUT2D eigenvalue weighted by atomic mass is 14.6. The lowest BCUT2D eigenvalue weighted by atomic mass is 9.66. The van der Waals surface area contributed by atoms with Crippen LogP contribution in [0.4, 0.5) is 0 Å². The maximum absolute atomic E-state index is 2.56. The van der Waals surface area contributed by atoms with Crippen molar-refractivity contribution in [1.29, 1.82) is 0 Å². The summed E-state index contributed by atoms with van der Waals surface area (Å²) < 4.78 is 0. The van der Waals surface area contributed by atoms with E-state index in [0.717, 1.165) is 5.92 Å². The molecule has 1 saturated carbocycles. The molecule has 2 aliphatic carbocycles. The highest BCUT2D eigenvalue weighted by molar-refractivity contribution is 5.75. The maximum atomic E-state index is 2.56. The summed E-state index contributed by atoms with van der Waals surface area (Å²) in [4.78, 5) is 0. The van der Waals surface area contributed by atoms with Gasteiger partial charge in [0.2, 0.25) is 0 Å². The van der Waals surface area contributed by atoms with E-state index in [1.54, 1.807) is 5.57 Å². The molecular formula is C19H26. The average molecular weight is 254 g/mol. The zero-order valence-electron chi connectivity index (χ0n) is 13.0. The fourth-order valence-corrected chi connectivity index (χ4v) is 4.16. The second-order valence-electron chi connectivity index (χ2n) is 7.56. The fourth-order valence-electron chi connectivity index (χ4n) is 4.16. The monoisotopic (exact) mass is 254 g/mol. The summed E-state index contributed by atoms with van der Waals surface area (Å²) in [5, 5.41) is 0. The number of rotatable bonds is 2. The Labute approximate surface area is 117 Å². The highest BCUT2D eigenvalue weighted by Crippen LogP contribution is 2.67. The molecule has 0 radical (unpaired) electrons. The van der Waals surface area contributed by atoms with Gasteiger partial charge in [0.05, 0.1) is 0 Å². The topological polar surface area (TPSA) is 0 Å². The predicted octanol–water partition coefficient (Wildman–Crippen LogP) is 5.65. The smallest absolute Gasteiger partial charge is 0.00155 e. The molecule has 2 atom stereocenters. The molecule has 1 fully saturated rings. The van der Waals surface area contributed by atoms with Crippen molar-refractivity contribution in [1.82, 2.24) is 0 Å². The van der Waals surface area contributed by atoms with Crippen LogP contribution in [-0.2, 0) is 0 Å². The van der Waals surface area contributed by atoms with E-state index in [9.17, 15) is 0 Å². The van der Waals surface area contributed by atoms with Gasteiger partial charge in [0, 0.05) is 0 Å². The van der Waals surface area contributed by atoms with Gasteiger partial charge in [0.25, 0.3) is 0 Å². The average Bonchev–Trinajstić information content (AvgIpc) is 2.71. The fraction of sp³-hybridized carbons (Fsp3) is 0.579. The lowest BCUT2D eigenvalue weighted by molar-refractivity contribution is 0.189. The molecule has 3 rings (SSSR count). The molecule has 1 aromatic carbocycles. The zero-order chi connectivity index (χ0) is 13.8. The van der Waals surface area contributed by atoms with Crippen LogP contribution in [0.1, 0.15) is 64.5 Å². The van der Waals surface area contributed by atoms with Crippen LogP contribution in [0, 0.1) is 16.7 Å². The molecule has 0 heterocycles. The van der Waals surface area contributed by atoms with Crippen molar-refractivity contribution >= 4 is 5.57 Å². The van der Waals surface area contributed by atoms with Crippen LogP contribution in [0.2, 0.25) is 0 Å². The van der Waals surface area contributed by atoms with E-state index in [0.29, 0.717) is 16.7 Å². The predicted molar refractivity (Wildman–Crippen MR) is 83.1 cm³/mol. The van der Waals surface area contributed by atoms with E-state index in [-0.39, 0.29) is 0 Å². The van der Waals surface area contributed by atoms with Crippen LogP contribution < -0.4 is 0 Å². The molecule has 1 aromatic rings. The van der Waals surface area contributed by atoms with Crippen LogP contribution in [0.15, 0.2) is 30.3 Å². The minimum Gasteiger partial charge on any atom is -0.0765 e. The van der Waals surface area contributed by atoms with Gasteiger partial charge in [0.15, 0.2) is 0 Å². The minimum atomic E-state index is 0.372. The van der Waals surface area contributed by atoms with Gasteiger partial charge in [-0.3, -0.25) is 0 Å². The van der Waals surface area contributed by atoms with Gasteiger partial charge < -0.3 is 0 Å². The maximum Gasteiger partial charge on any atom is -0.00155 e. The van der Waals surface area contributed by atoms with Crippen molar-refractivity contribution in [2.45, 2.75) is 53.4 Å². The lowest BCUT2D eigenvalue weighted by Crippen LogP contribution is -2.29. The van der Waals surface area contributed by atoms with E-state index in [2.05, 4.69) is 65.0 Å². The Kier molecular flexibility index (Phi) is 2.71. The third-order valence-electron chi connectivity index (χ3n) is 6.16. The first-order valence-electron chi connectivity index (χ1n) is 7.69. The van der Waals surface area contributed by atoms with E-state index < -0.39 is 0 Å². The van der Waals surface area contributed by atoms with Gasteiger partial charge in [-0.2, -0.15) is 0 Å². The van der Waals surface area contributed by atoms with Gasteiger partial charge in [-0.1, -0.05) is 65.0 Å². The Balaban J connectivity index is 1.98. The molecule has 102 valence electrons. The largest absolute Gasteiger partial charge is 0.0765 e. The molecule has 2 unspecified atom stereocenters. The Morgan fingerprint density at radius 1 is 1.05 bits per heavy atom. The standard InChI is InChI=1S/C19H26/c1-13(2)14-6-8-15(9-7-14)17-12-16-10-11-19(17,5)18(16,3)4/h6-9,12-13,16H,10-11H2,1-5H3. The Hall–Kier alpha value is -1.04. The molecule has 2 aliphatic rings. The summed E-state index contributed by atoms with van der Waals surface area (Å²) in [5.41, 5.74) is 5.29. The molecule has 2 bridgehead atoms. The van der Waals surface area contributed by atoms with Gasteiger partial charge in [-0.25, -0.2) is 0 Å². The molecule has 0 spiro atoms. The number of allylic oxidation sites excluding steroid dienone is 2. The summed E-state index contributed by atoms with van der Waals surface area (Å²) >= 11 is 0. The molecule has 0 saturated heterocycles. The second-order valence-corrected chi connectivity index (χ2v) is 7.56. The quantitative estimate of drug-likeness (QED) is 0.639. The van der Waals surface area contributed by atoms with Crippen LogP contribution in [0.3, 0.4) is 0 Å². The molecule has 0 amide bonds. The third-order valence-corrected chi connectivity index (χ3v) is 6.16. The first-order chi connectivity index (χ1) is 8.86. The summed E-state index contributed by atoms with van der Waals surface area (Å²) in [6.07, 6.45) is 5.29. The van der Waals surface area contributed by atoms with Gasteiger partial charge in [0.1, 0.15) is 0 Å². The zero-order valence-corrected chi connectivity index (χ0v) is 13.0. The van der Waals surface area contributed by atoms with Crippen molar-refractivity contribution in [3.63, 3.8) is 0 Å². The molecule has 0 heteroatoms. The van der Waals surface area contributed by atoms with Crippen LogP contribution in [-0.4, -0.2) is 0 Å². The number of fused-ring (bicyclic) bond motifs is 2. The number of hydrogen-bond acceptors (Lipinski definition) is 0. The summed E-state index contributed by atoms with van der Waals surface area (Å²) in [5.74, 6) is 1.40. The molecule has 0 aliphatic heterocycles. The van der Waals surface area contributed by atoms with E-state index >= 15 is 0 Å². The van der Waals surface area contributed by atoms with E-state index in [1.807, 2.05) is 0 Å². The third kappa shape index (κ3) is 1.65. The van der Waals surface area contributed by atoms with Gasteiger partial charge >= 0.3 is 0 Å². The first-order valence-corrected chi connectivity index (χ1v) is 7.69. The number of benzene rings is 1. The summed E-state index contributed by atoms with van der Waals surface area (Å²) in [6, 6.07) is 9.29. The van der Waals surface area contributed by atoms with Crippen molar-refractivity contribution in [2.24, 2.45) is 16.7 Å². The SMILES string of the molecule is CC(C)c1ccc(C2=CC3CCC2(C)C3(C)C)cc1. The molecule has 0 nitrogen and oxygen atoms in total. The van der Waals surface area contributed by atoms with Gasteiger partial charge in [-0.05, 0) is 52.2 Å². The lowest BCUT2D eigenvalue weighted by Gasteiger charge is -2.37. The van der Waals surface area contributed by atoms with Gasteiger partial charge in [-0.15, -0.1) is 0 Å². The van der Waals surface area contributed by atoms with Crippen molar-refractivity contribution in [3.8, 4) is 0 Å². The van der Waals surface area contributed by atoms with Crippen molar-refractivity contribution in [2.75, 3.05) is 0 Å². The van der Waals surface area contributed by atoms with Crippen LogP contribution >= 0.6 is 0 Å².